The van der Waals surface area contributed by atoms with Gasteiger partial charge in [0, 0.05) is 16.7 Å². The molecule has 0 aliphatic carbocycles. The minimum Gasteiger partial charge on any atom is -0.496 e. The monoisotopic (exact) mass is 419 g/mol. The Balaban J connectivity index is 1.73. The Morgan fingerprint density at radius 2 is 1.71 bits per heavy atom. The Labute approximate surface area is 179 Å². The number of halogens is 1. The number of carbonyl (C=O) groups excluding carboxylic acids is 1. The highest BCUT2D eigenvalue weighted by Crippen LogP contribution is 2.39. The van der Waals surface area contributed by atoms with Crippen molar-refractivity contribution in [3.63, 3.8) is 0 Å². The van der Waals surface area contributed by atoms with E-state index in [1.807, 2.05) is 30.3 Å². The molecule has 5 nitrogen and oxygen atoms in total. The molecule has 0 unspecified atom stereocenters. The van der Waals surface area contributed by atoms with E-state index in [2.05, 4.69) is 0 Å². The molecule has 158 valence electrons. The van der Waals surface area contributed by atoms with Gasteiger partial charge in [0.2, 0.25) is 0 Å². The zero-order valence-corrected chi connectivity index (χ0v) is 17.0. The lowest BCUT2D eigenvalue weighted by Gasteiger charge is -2.29. The molecule has 4 rings (SSSR count). The molecular weight excluding hydrogens is 397 g/mol. The minimum absolute atomic E-state index is 0.263. The van der Waals surface area contributed by atoms with Crippen LogP contribution in [0.5, 0.6) is 5.75 Å². The Kier molecular flexibility index (Phi) is 5.71. The van der Waals surface area contributed by atoms with Crippen molar-refractivity contribution in [2.24, 2.45) is 0 Å². The first-order valence-corrected chi connectivity index (χ1v) is 10.0. The van der Waals surface area contributed by atoms with Gasteiger partial charge in [-0.05, 0) is 42.7 Å². The maximum Gasteiger partial charge on any atom is 0.326 e. The summed E-state index contributed by atoms with van der Waals surface area (Å²) in [7, 11) is 1.52. The lowest BCUT2D eigenvalue weighted by atomic mass is 10.0. The molecule has 1 N–H and O–H groups in total. The number of aliphatic carboxylic acids is 1. The first-order valence-electron chi connectivity index (χ1n) is 10.0. The van der Waals surface area contributed by atoms with Gasteiger partial charge in [-0.15, -0.1) is 0 Å². The zero-order valence-electron chi connectivity index (χ0n) is 17.0. The molecule has 0 saturated carbocycles. The van der Waals surface area contributed by atoms with Crippen LogP contribution in [0.25, 0.3) is 11.1 Å². The lowest BCUT2D eigenvalue weighted by Crippen LogP contribution is -2.42. The predicted molar refractivity (Wildman–Crippen MR) is 114 cm³/mol. The molecule has 6 heteroatoms. The number of hydrogen-bond donors (Lipinski definition) is 1. The van der Waals surface area contributed by atoms with Gasteiger partial charge in [0.1, 0.15) is 17.6 Å². The fourth-order valence-electron chi connectivity index (χ4n) is 4.22. The Morgan fingerprint density at radius 1 is 1.00 bits per heavy atom. The number of ether oxygens (including phenoxy) is 1. The third-order valence-corrected chi connectivity index (χ3v) is 5.70. The van der Waals surface area contributed by atoms with Crippen molar-refractivity contribution in [1.82, 2.24) is 4.90 Å². The molecule has 3 aromatic carbocycles. The molecule has 31 heavy (non-hydrogen) atoms. The standard InChI is InChI=1S/C25H22FNO4/c1-31-23-15-17(11-12-18(23)16-7-3-2-4-8-16)24(28)27-21(13-14-22(27)25(29)30)19-9-5-6-10-20(19)26/h2-12,15,21-22H,13-14H2,1H3,(H,29,30)/t21-,22+/m1/s1. The molecule has 0 aromatic heterocycles. The number of rotatable bonds is 5. The maximum atomic E-state index is 14.5. The van der Waals surface area contributed by atoms with Crippen LogP contribution >= 0.6 is 0 Å². The highest BCUT2D eigenvalue weighted by atomic mass is 19.1. The second kappa shape index (κ2) is 8.60. The van der Waals surface area contributed by atoms with E-state index < -0.39 is 29.8 Å². The zero-order chi connectivity index (χ0) is 22.0. The van der Waals surface area contributed by atoms with E-state index in [0.29, 0.717) is 23.3 Å². The fourth-order valence-corrected chi connectivity index (χ4v) is 4.22. The van der Waals surface area contributed by atoms with Gasteiger partial charge >= 0.3 is 5.97 Å². The number of hydrogen-bond acceptors (Lipinski definition) is 3. The molecule has 1 saturated heterocycles. The Bertz CT molecular complexity index is 1120. The first kappa shape index (κ1) is 20.6. The number of nitrogens with zero attached hydrogens (tertiary/aromatic N) is 1. The van der Waals surface area contributed by atoms with Crippen molar-refractivity contribution in [3.8, 4) is 16.9 Å². The van der Waals surface area contributed by atoms with Crippen molar-refractivity contribution < 1.29 is 23.8 Å². The molecule has 1 fully saturated rings. The largest absolute Gasteiger partial charge is 0.496 e. The number of carbonyl (C=O) groups is 2. The van der Waals surface area contributed by atoms with Crippen molar-refractivity contribution >= 4 is 11.9 Å². The average Bonchev–Trinajstić information content (AvgIpc) is 3.24. The van der Waals surface area contributed by atoms with Gasteiger partial charge in [-0.25, -0.2) is 9.18 Å². The summed E-state index contributed by atoms with van der Waals surface area (Å²) in [5, 5.41) is 9.69. The number of methoxy groups -OCH3 is 1. The summed E-state index contributed by atoms with van der Waals surface area (Å²) < 4.78 is 20.0. The summed E-state index contributed by atoms with van der Waals surface area (Å²) in [5.41, 5.74) is 2.38. The Hall–Kier alpha value is -3.67. The first-order chi connectivity index (χ1) is 15.0. The molecule has 1 aliphatic rings. The Morgan fingerprint density at radius 3 is 2.39 bits per heavy atom. The summed E-state index contributed by atoms with van der Waals surface area (Å²) in [6.07, 6.45) is 0.641. The van der Waals surface area contributed by atoms with E-state index in [0.717, 1.165) is 11.1 Å². The van der Waals surface area contributed by atoms with Crippen LogP contribution < -0.4 is 4.74 Å². The van der Waals surface area contributed by atoms with Gasteiger partial charge in [-0.1, -0.05) is 48.5 Å². The van der Waals surface area contributed by atoms with E-state index in [4.69, 9.17) is 4.74 Å². The molecule has 2 atom stereocenters. The second-order valence-corrected chi connectivity index (χ2v) is 7.46. The average molecular weight is 419 g/mol. The number of carboxylic acids is 1. The topological polar surface area (TPSA) is 66.8 Å². The highest BCUT2D eigenvalue weighted by molar-refractivity contribution is 5.98. The van der Waals surface area contributed by atoms with Crippen LogP contribution in [0.1, 0.15) is 34.8 Å². The van der Waals surface area contributed by atoms with E-state index in [1.54, 1.807) is 36.4 Å². The second-order valence-electron chi connectivity index (χ2n) is 7.46. The van der Waals surface area contributed by atoms with Crippen LogP contribution in [0.2, 0.25) is 0 Å². The molecule has 1 amide bonds. The van der Waals surface area contributed by atoms with Gasteiger partial charge in [0.15, 0.2) is 0 Å². The van der Waals surface area contributed by atoms with Crippen molar-refractivity contribution in [2.75, 3.05) is 7.11 Å². The van der Waals surface area contributed by atoms with Gasteiger partial charge < -0.3 is 14.7 Å². The summed E-state index contributed by atoms with van der Waals surface area (Å²) in [6.45, 7) is 0. The minimum atomic E-state index is -1.10. The highest BCUT2D eigenvalue weighted by Gasteiger charge is 2.42. The van der Waals surface area contributed by atoms with E-state index >= 15 is 0 Å². The van der Waals surface area contributed by atoms with Crippen LogP contribution in [-0.2, 0) is 4.79 Å². The van der Waals surface area contributed by atoms with Crippen LogP contribution in [-0.4, -0.2) is 35.0 Å². The fraction of sp³-hybridized carbons (Fsp3) is 0.200. The SMILES string of the molecule is COc1cc(C(=O)N2[C@@H](c3ccccc3F)CC[C@H]2C(=O)O)ccc1-c1ccccc1. The molecule has 0 spiro atoms. The molecule has 1 aliphatic heterocycles. The molecule has 3 aromatic rings. The van der Waals surface area contributed by atoms with Crippen LogP contribution in [0.3, 0.4) is 0 Å². The van der Waals surface area contributed by atoms with Crippen LogP contribution in [0.15, 0.2) is 72.8 Å². The van der Waals surface area contributed by atoms with E-state index in [-0.39, 0.29) is 6.42 Å². The summed E-state index contributed by atoms with van der Waals surface area (Å²) in [4.78, 5) is 26.6. The number of benzene rings is 3. The number of carboxylic acid groups (broad SMARTS) is 1. The number of amides is 1. The van der Waals surface area contributed by atoms with Crippen molar-refractivity contribution in [2.45, 2.75) is 24.9 Å². The van der Waals surface area contributed by atoms with Gasteiger partial charge in [-0.3, -0.25) is 4.79 Å². The molecule has 0 bridgehead atoms. The summed E-state index contributed by atoms with van der Waals surface area (Å²) in [6, 6.07) is 19.2. The normalized spacial score (nSPS) is 18.1. The lowest BCUT2D eigenvalue weighted by molar-refractivity contribution is -0.141. The summed E-state index contributed by atoms with van der Waals surface area (Å²) >= 11 is 0. The third-order valence-electron chi connectivity index (χ3n) is 5.70. The van der Waals surface area contributed by atoms with Gasteiger partial charge in [0.05, 0.1) is 13.2 Å². The van der Waals surface area contributed by atoms with E-state index in [1.165, 1.54) is 18.1 Å². The maximum absolute atomic E-state index is 14.5. The van der Waals surface area contributed by atoms with Crippen LogP contribution in [0, 0.1) is 5.82 Å². The molecule has 1 heterocycles. The molecular formula is C25H22FNO4. The predicted octanol–water partition coefficient (Wildman–Crippen LogP) is 4.93. The van der Waals surface area contributed by atoms with Crippen molar-refractivity contribution in [1.29, 1.82) is 0 Å². The number of likely N-dealkylation sites (tertiary alicyclic amines) is 1. The van der Waals surface area contributed by atoms with Gasteiger partial charge in [-0.2, -0.15) is 0 Å². The van der Waals surface area contributed by atoms with E-state index in [9.17, 15) is 19.1 Å². The molecule has 0 radical (unpaired) electrons. The smallest absolute Gasteiger partial charge is 0.326 e. The van der Waals surface area contributed by atoms with Gasteiger partial charge in [0.25, 0.3) is 5.91 Å². The van der Waals surface area contributed by atoms with Crippen LogP contribution in [0.4, 0.5) is 4.39 Å². The third kappa shape index (κ3) is 3.89. The van der Waals surface area contributed by atoms with Crippen molar-refractivity contribution in [3.05, 3.63) is 89.7 Å². The quantitative estimate of drug-likeness (QED) is 0.637. The summed E-state index contributed by atoms with van der Waals surface area (Å²) in [5.74, 6) is -1.50.